The zero-order chi connectivity index (χ0) is 12.0. The predicted molar refractivity (Wildman–Crippen MR) is 60.4 cm³/mol. The molecule has 0 saturated carbocycles. The molecule has 0 fully saturated rings. The van der Waals surface area contributed by atoms with Crippen molar-refractivity contribution in [1.82, 2.24) is 0 Å². The average molecular weight is 222 g/mol. The molecular weight excluding hydrogens is 207 g/mol. The third kappa shape index (κ3) is 3.21. The lowest BCUT2D eigenvalue weighted by atomic mass is 10.2. The molecule has 0 aromatic heterocycles. The van der Waals surface area contributed by atoms with Crippen LogP contribution in [0.1, 0.15) is 18.9 Å². The lowest BCUT2D eigenvalue weighted by Crippen LogP contribution is -2.23. The van der Waals surface area contributed by atoms with Gasteiger partial charge >= 0.3 is 0 Å². The maximum Gasteiger partial charge on any atom is 0.125 e. The zero-order valence-corrected chi connectivity index (χ0v) is 9.28. The van der Waals surface area contributed by atoms with Crippen LogP contribution in [0.15, 0.2) is 18.2 Å². The van der Waals surface area contributed by atoms with Gasteiger partial charge in [0.2, 0.25) is 0 Å². The number of nitrogens with zero attached hydrogens (tertiary/aromatic N) is 2. The van der Waals surface area contributed by atoms with E-state index in [-0.39, 0.29) is 12.4 Å². The van der Waals surface area contributed by atoms with Crippen molar-refractivity contribution in [2.45, 2.75) is 20.0 Å². The maximum atomic E-state index is 13.2. The van der Waals surface area contributed by atoms with Crippen LogP contribution in [0.5, 0.6) is 0 Å². The summed E-state index contributed by atoms with van der Waals surface area (Å²) in [6.45, 7) is 3.04. The molecular formula is C12H15FN2O. The maximum absolute atomic E-state index is 13.2. The molecule has 16 heavy (non-hydrogen) atoms. The molecule has 0 aliphatic rings. The molecule has 1 aromatic rings. The number of halogens is 1. The summed E-state index contributed by atoms with van der Waals surface area (Å²) < 4.78 is 13.2. The summed E-state index contributed by atoms with van der Waals surface area (Å²) in [6.07, 6.45) is 0.402. The highest BCUT2D eigenvalue weighted by Gasteiger charge is 2.07. The van der Waals surface area contributed by atoms with Gasteiger partial charge in [0, 0.05) is 18.8 Å². The van der Waals surface area contributed by atoms with Gasteiger partial charge in [-0.1, -0.05) is 0 Å². The summed E-state index contributed by atoms with van der Waals surface area (Å²) in [5.41, 5.74) is 1.26. The first kappa shape index (κ1) is 12.5. The molecule has 0 amide bonds. The Labute approximate surface area is 94.7 Å². The Hall–Kier alpha value is -1.60. The van der Waals surface area contributed by atoms with Crippen LogP contribution in [-0.4, -0.2) is 18.2 Å². The molecule has 86 valence electrons. The van der Waals surface area contributed by atoms with Crippen molar-refractivity contribution in [2.75, 3.05) is 18.0 Å². The summed E-state index contributed by atoms with van der Waals surface area (Å²) in [4.78, 5) is 1.91. The monoisotopic (exact) mass is 222 g/mol. The van der Waals surface area contributed by atoms with Crippen molar-refractivity contribution in [2.24, 2.45) is 0 Å². The molecule has 1 aromatic carbocycles. The van der Waals surface area contributed by atoms with Crippen molar-refractivity contribution in [3.05, 3.63) is 29.6 Å². The van der Waals surface area contributed by atoms with E-state index < -0.39 is 0 Å². The summed E-state index contributed by atoms with van der Waals surface area (Å²) in [7, 11) is 0. The molecule has 0 radical (unpaired) electrons. The highest BCUT2D eigenvalue weighted by Crippen LogP contribution is 2.18. The fraction of sp³-hybridized carbons (Fsp3) is 0.417. The van der Waals surface area contributed by atoms with Gasteiger partial charge in [0.1, 0.15) is 5.82 Å². The highest BCUT2D eigenvalue weighted by atomic mass is 19.1. The molecule has 4 heteroatoms. The van der Waals surface area contributed by atoms with Crippen molar-refractivity contribution in [3.63, 3.8) is 0 Å². The second-order valence-electron chi connectivity index (χ2n) is 3.46. The van der Waals surface area contributed by atoms with Gasteiger partial charge in [-0.3, -0.25) is 0 Å². The molecule has 1 rings (SSSR count). The lowest BCUT2D eigenvalue weighted by molar-refractivity contribution is 0.281. The molecule has 0 bridgehead atoms. The highest BCUT2D eigenvalue weighted by molar-refractivity contribution is 5.49. The van der Waals surface area contributed by atoms with Crippen molar-refractivity contribution < 1.29 is 9.50 Å². The van der Waals surface area contributed by atoms with E-state index in [0.717, 1.165) is 0 Å². The first-order chi connectivity index (χ1) is 7.71. The van der Waals surface area contributed by atoms with E-state index in [1.807, 2.05) is 11.8 Å². The SMILES string of the molecule is CCN(CCC#N)c1cc(F)cc(CO)c1. The van der Waals surface area contributed by atoms with Gasteiger partial charge in [0.05, 0.1) is 19.1 Å². The number of anilines is 1. The Morgan fingerprint density at radius 2 is 2.19 bits per heavy atom. The molecule has 0 spiro atoms. The van der Waals surface area contributed by atoms with Crippen LogP contribution < -0.4 is 4.90 Å². The van der Waals surface area contributed by atoms with Gasteiger partial charge in [-0.2, -0.15) is 5.26 Å². The minimum Gasteiger partial charge on any atom is -0.392 e. The largest absolute Gasteiger partial charge is 0.392 e. The van der Waals surface area contributed by atoms with Gasteiger partial charge in [-0.25, -0.2) is 4.39 Å². The molecule has 3 nitrogen and oxygen atoms in total. The summed E-state index contributed by atoms with van der Waals surface area (Å²) in [5.74, 6) is -0.364. The second-order valence-corrected chi connectivity index (χ2v) is 3.46. The van der Waals surface area contributed by atoms with E-state index in [4.69, 9.17) is 10.4 Å². The van der Waals surface area contributed by atoms with Crippen molar-refractivity contribution >= 4 is 5.69 Å². The fourth-order valence-corrected chi connectivity index (χ4v) is 1.56. The van der Waals surface area contributed by atoms with Crippen LogP contribution in [0, 0.1) is 17.1 Å². The topological polar surface area (TPSA) is 47.3 Å². The fourth-order valence-electron chi connectivity index (χ4n) is 1.56. The predicted octanol–water partition coefficient (Wildman–Crippen LogP) is 2.06. The van der Waals surface area contributed by atoms with Gasteiger partial charge in [0.15, 0.2) is 0 Å². The van der Waals surface area contributed by atoms with E-state index in [1.165, 1.54) is 12.1 Å². The standard InChI is InChI=1S/C12H15FN2O/c1-2-15(5-3-4-14)12-7-10(9-16)6-11(13)8-12/h6-8,16H,2-3,5,9H2,1H3. The Balaban J connectivity index is 2.91. The third-order valence-electron chi connectivity index (χ3n) is 2.37. The van der Waals surface area contributed by atoms with Gasteiger partial charge in [-0.15, -0.1) is 0 Å². The minimum atomic E-state index is -0.364. The van der Waals surface area contributed by atoms with Crippen LogP contribution >= 0.6 is 0 Å². The molecule has 0 heterocycles. The lowest BCUT2D eigenvalue weighted by Gasteiger charge is -2.22. The molecule has 0 saturated heterocycles. The average Bonchev–Trinajstić information content (AvgIpc) is 2.29. The van der Waals surface area contributed by atoms with E-state index >= 15 is 0 Å². The van der Waals surface area contributed by atoms with Crippen LogP contribution in [0.3, 0.4) is 0 Å². The number of rotatable bonds is 5. The van der Waals surface area contributed by atoms with E-state index in [1.54, 1.807) is 6.07 Å². The zero-order valence-electron chi connectivity index (χ0n) is 9.28. The Morgan fingerprint density at radius 1 is 1.44 bits per heavy atom. The van der Waals surface area contributed by atoms with Crippen LogP contribution in [0.4, 0.5) is 10.1 Å². The quantitative estimate of drug-likeness (QED) is 0.829. The Morgan fingerprint density at radius 3 is 2.75 bits per heavy atom. The number of benzene rings is 1. The van der Waals surface area contributed by atoms with Crippen molar-refractivity contribution in [3.8, 4) is 6.07 Å². The van der Waals surface area contributed by atoms with Crippen LogP contribution in [-0.2, 0) is 6.61 Å². The van der Waals surface area contributed by atoms with E-state index in [9.17, 15) is 4.39 Å². The van der Waals surface area contributed by atoms with Gasteiger partial charge in [0.25, 0.3) is 0 Å². The number of aliphatic hydroxyl groups excluding tert-OH is 1. The third-order valence-corrected chi connectivity index (χ3v) is 2.37. The number of hydrogen-bond acceptors (Lipinski definition) is 3. The molecule has 0 atom stereocenters. The first-order valence-corrected chi connectivity index (χ1v) is 5.23. The first-order valence-electron chi connectivity index (χ1n) is 5.23. The summed E-state index contributed by atoms with van der Waals surface area (Å²) >= 11 is 0. The van der Waals surface area contributed by atoms with Gasteiger partial charge in [-0.05, 0) is 30.7 Å². The van der Waals surface area contributed by atoms with Gasteiger partial charge < -0.3 is 10.0 Å². The number of nitriles is 1. The molecule has 1 N–H and O–H groups in total. The molecule has 0 unspecified atom stereocenters. The van der Waals surface area contributed by atoms with Crippen LogP contribution in [0.2, 0.25) is 0 Å². The van der Waals surface area contributed by atoms with E-state index in [0.29, 0.717) is 30.8 Å². The van der Waals surface area contributed by atoms with E-state index in [2.05, 4.69) is 6.07 Å². The summed E-state index contributed by atoms with van der Waals surface area (Å²) in [5, 5.41) is 17.5. The minimum absolute atomic E-state index is 0.180. The number of aliphatic hydroxyl groups is 1. The van der Waals surface area contributed by atoms with Crippen molar-refractivity contribution in [1.29, 1.82) is 5.26 Å². The normalized spacial score (nSPS) is 9.88. The Bertz CT molecular complexity index is 387. The van der Waals surface area contributed by atoms with Crippen LogP contribution in [0.25, 0.3) is 0 Å². The molecule has 0 aliphatic carbocycles. The smallest absolute Gasteiger partial charge is 0.125 e. The molecule has 0 aliphatic heterocycles. The second kappa shape index (κ2) is 6.09. The Kier molecular flexibility index (Phi) is 4.74. The number of hydrogen-bond donors (Lipinski definition) is 1. The summed E-state index contributed by atoms with van der Waals surface area (Å²) in [6, 6.07) is 6.52.